The van der Waals surface area contributed by atoms with Gasteiger partial charge in [-0.05, 0) is 48.2 Å². The Hall–Kier alpha value is -2.03. The van der Waals surface area contributed by atoms with Gasteiger partial charge in [-0.2, -0.15) is 0 Å². The van der Waals surface area contributed by atoms with Crippen LogP contribution in [0.1, 0.15) is 37.8 Å². The Labute approximate surface area is 127 Å². The van der Waals surface area contributed by atoms with E-state index in [1.54, 1.807) is 0 Å². The molecular formula is C18H24N2O. The van der Waals surface area contributed by atoms with Gasteiger partial charge in [-0.25, -0.2) is 4.98 Å². The van der Waals surface area contributed by atoms with E-state index in [0.29, 0.717) is 6.61 Å². The summed E-state index contributed by atoms with van der Waals surface area (Å²) in [5.74, 6) is 1.82. The monoisotopic (exact) mass is 284 g/mol. The predicted octanol–water partition coefficient (Wildman–Crippen LogP) is 4.44. The van der Waals surface area contributed by atoms with Crippen molar-refractivity contribution in [3.63, 3.8) is 0 Å². The molecule has 0 aliphatic carbocycles. The maximum absolute atomic E-state index is 5.83. The zero-order valence-electron chi connectivity index (χ0n) is 12.9. The summed E-state index contributed by atoms with van der Waals surface area (Å²) < 4.78 is 5.83. The molecule has 0 fully saturated rings. The molecule has 2 aromatic rings. The Balaban J connectivity index is 1.90. The first-order valence-electron chi connectivity index (χ1n) is 7.72. The number of rotatable bonds is 8. The number of ether oxygens (including phenoxy) is 1. The second kappa shape index (κ2) is 8.30. The highest BCUT2D eigenvalue weighted by Gasteiger charge is 1.99. The summed E-state index contributed by atoms with van der Waals surface area (Å²) in [4.78, 5) is 4.30. The van der Waals surface area contributed by atoms with E-state index < -0.39 is 0 Å². The van der Waals surface area contributed by atoms with E-state index in [1.165, 1.54) is 12.0 Å². The third-order valence-corrected chi connectivity index (χ3v) is 3.25. The number of benzene rings is 1. The minimum atomic E-state index is 0.566. The molecule has 0 amide bonds. The van der Waals surface area contributed by atoms with Crippen molar-refractivity contribution in [1.82, 2.24) is 4.98 Å². The van der Waals surface area contributed by atoms with Gasteiger partial charge in [0.05, 0.1) is 0 Å². The predicted molar refractivity (Wildman–Crippen MR) is 87.8 cm³/mol. The van der Waals surface area contributed by atoms with Crippen LogP contribution in [0.25, 0.3) is 0 Å². The largest absolute Gasteiger partial charge is 0.489 e. The van der Waals surface area contributed by atoms with Crippen molar-refractivity contribution in [1.29, 1.82) is 0 Å². The van der Waals surface area contributed by atoms with Crippen LogP contribution in [-0.2, 0) is 13.0 Å². The first-order chi connectivity index (χ1) is 10.3. The summed E-state index contributed by atoms with van der Waals surface area (Å²) in [7, 11) is 0. The SMILES string of the molecule is CCCNc1cc(COc2ccc(CCC)cc2)ccn1. The average Bonchev–Trinajstić information content (AvgIpc) is 2.53. The Morgan fingerprint density at radius 2 is 1.81 bits per heavy atom. The molecule has 0 bridgehead atoms. The number of aromatic nitrogens is 1. The lowest BCUT2D eigenvalue weighted by molar-refractivity contribution is 0.306. The molecule has 112 valence electrons. The normalized spacial score (nSPS) is 10.4. The highest BCUT2D eigenvalue weighted by Crippen LogP contribution is 2.16. The van der Waals surface area contributed by atoms with Gasteiger partial charge in [0.25, 0.3) is 0 Å². The van der Waals surface area contributed by atoms with Crippen LogP contribution < -0.4 is 10.1 Å². The zero-order chi connectivity index (χ0) is 14.9. The van der Waals surface area contributed by atoms with Gasteiger partial charge in [0.15, 0.2) is 0 Å². The van der Waals surface area contributed by atoms with E-state index in [0.717, 1.165) is 36.5 Å². The van der Waals surface area contributed by atoms with Crippen molar-refractivity contribution in [3.05, 3.63) is 53.7 Å². The van der Waals surface area contributed by atoms with Gasteiger partial charge in [0.1, 0.15) is 18.2 Å². The number of hydrogen-bond acceptors (Lipinski definition) is 3. The molecule has 1 aromatic heterocycles. The lowest BCUT2D eigenvalue weighted by Gasteiger charge is -2.09. The van der Waals surface area contributed by atoms with Gasteiger partial charge in [-0.3, -0.25) is 0 Å². The molecule has 21 heavy (non-hydrogen) atoms. The molecule has 0 aliphatic rings. The Morgan fingerprint density at radius 1 is 1.00 bits per heavy atom. The van der Waals surface area contributed by atoms with Crippen LogP contribution in [-0.4, -0.2) is 11.5 Å². The average molecular weight is 284 g/mol. The molecule has 0 unspecified atom stereocenters. The summed E-state index contributed by atoms with van der Waals surface area (Å²) in [5, 5.41) is 3.29. The van der Waals surface area contributed by atoms with Crippen LogP contribution >= 0.6 is 0 Å². The second-order valence-electron chi connectivity index (χ2n) is 5.16. The Morgan fingerprint density at radius 3 is 2.52 bits per heavy atom. The van der Waals surface area contributed by atoms with Gasteiger partial charge in [0.2, 0.25) is 0 Å². The van der Waals surface area contributed by atoms with Crippen LogP contribution in [0.4, 0.5) is 5.82 Å². The maximum atomic E-state index is 5.83. The molecule has 0 spiro atoms. The third-order valence-electron chi connectivity index (χ3n) is 3.25. The molecule has 3 nitrogen and oxygen atoms in total. The standard InChI is InChI=1S/C18H24N2O/c1-3-5-15-6-8-17(9-7-15)21-14-16-10-12-20-18(13-16)19-11-4-2/h6-10,12-13H,3-5,11,14H2,1-2H3,(H,19,20). The van der Waals surface area contributed by atoms with Crippen molar-refractivity contribution in [2.24, 2.45) is 0 Å². The molecule has 0 aliphatic heterocycles. The number of aryl methyl sites for hydroxylation is 1. The molecule has 1 N–H and O–H groups in total. The number of hydrogen-bond donors (Lipinski definition) is 1. The number of nitrogens with zero attached hydrogens (tertiary/aromatic N) is 1. The molecule has 0 saturated carbocycles. The van der Waals surface area contributed by atoms with Gasteiger partial charge < -0.3 is 10.1 Å². The fraction of sp³-hybridized carbons (Fsp3) is 0.389. The van der Waals surface area contributed by atoms with E-state index in [4.69, 9.17) is 4.74 Å². The topological polar surface area (TPSA) is 34.1 Å². The minimum Gasteiger partial charge on any atom is -0.489 e. The second-order valence-corrected chi connectivity index (χ2v) is 5.16. The summed E-state index contributed by atoms with van der Waals surface area (Å²) in [5.41, 5.74) is 2.49. The fourth-order valence-corrected chi connectivity index (χ4v) is 2.12. The van der Waals surface area contributed by atoms with Crippen molar-refractivity contribution >= 4 is 5.82 Å². The summed E-state index contributed by atoms with van der Waals surface area (Å²) in [6, 6.07) is 12.4. The van der Waals surface area contributed by atoms with Crippen LogP contribution in [0.15, 0.2) is 42.6 Å². The highest BCUT2D eigenvalue weighted by molar-refractivity contribution is 5.37. The first kappa shape index (κ1) is 15.4. The van der Waals surface area contributed by atoms with E-state index in [2.05, 4.69) is 36.3 Å². The Bertz CT molecular complexity index is 537. The first-order valence-corrected chi connectivity index (χ1v) is 7.72. The number of nitrogens with one attached hydrogen (secondary N) is 1. The fourth-order valence-electron chi connectivity index (χ4n) is 2.12. The van der Waals surface area contributed by atoms with Crippen molar-refractivity contribution in [2.45, 2.75) is 39.7 Å². The van der Waals surface area contributed by atoms with Crippen molar-refractivity contribution in [2.75, 3.05) is 11.9 Å². The quantitative estimate of drug-likeness (QED) is 0.778. The lowest BCUT2D eigenvalue weighted by Crippen LogP contribution is -2.03. The molecular weight excluding hydrogens is 260 g/mol. The smallest absolute Gasteiger partial charge is 0.126 e. The molecule has 2 rings (SSSR count). The Kier molecular flexibility index (Phi) is 6.07. The molecule has 3 heteroatoms. The van der Waals surface area contributed by atoms with Gasteiger partial charge >= 0.3 is 0 Å². The molecule has 0 saturated heterocycles. The van der Waals surface area contributed by atoms with E-state index >= 15 is 0 Å². The van der Waals surface area contributed by atoms with Crippen LogP contribution in [0.2, 0.25) is 0 Å². The van der Waals surface area contributed by atoms with E-state index in [9.17, 15) is 0 Å². The summed E-state index contributed by atoms with van der Waals surface area (Å²) in [6.45, 7) is 5.84. The number of anilines is 1. The lowest BCUT2D eigenvalue weighted by atomic mass is 10.1. The van der Waals surface area contributed by atoms with E-state index in [1.807, 2.05) is 30.5 Å². The maximum Gasteiger partial charge on any atom is 0.126 e. The van der Waals surface area contributed by atoms with Crippen molar-refractivity contribution in [3.8, 4) is 5.75 Å². The van der Waals surface area contributed by atoms with Crippen LogP contribution in [0, 0.1) is 0 Å². The van der Waals surface area contributed by atoms with Crippen molar-refractivity contribution < 1.29 is 4.74 Å². The molecule has 1 aromatic carbocycles. The van der Waals surface area contributed by atoms with Crippen LogP contribution in [0.5, 0.6) is 5.75 Å². The van der Waals surface area contributed by atoms with Gasteiger partial charge in [-0.15, -0.1) is 0 Å². The molecule has 0 atom stereocenters. The van der Waals surface area contributed by atoms with Gasteiger partial charge in [0, 0.05) is 12.7 Å². The minimum absolute atomic E-state index is 0.566. The summed E-state index contributed by atoms with van der Waals surface area (Å²) >= 11 is 0. The number of pyridine rings is 1. The zero-order valence-corrected chi connectivity index (χ0v) is 12.9. The highest BCUT2D eigenvalue weighted by atomic mass is 16.5. The van der Waals surface area contributed by atoms with Gasteiger partial charge in [-0.1, -0.05) is 32.4 Å². The summed E-state index contributed by atoms with van der Waals surface area (Å²) in [6.07, 6.45) is 5.20. The third kappa shape index (κ3) is 5.10. The van der Waals surface area contributed by atoms with Crippen LogP contribution in [0.3, 0.4) is 0 Å². The van der Waals surface area contributed by atoms with E-state index in [-0.39, 0.29) is 0 Å². The molecule has 0 radical (unpaired) electrons. The molecule has 1 heterocycles.